The summed E-state index contributed by atoms with van der Waals surface area (Å²) in [5, 5.41) is 9.57. The van der Waals surface area contributed by atoms with Gasteiger partial charge in [0.15, 0.2) is 11.5 Å². The highest BCUT2D eigenvalue weighted by Gasteiger charge is 2.22. The fourth-order valence-corrected chi connectivity index (χ4v) is 2.78. The summed E-state index contributed by atoms with van der Waals surface area (Å²) < 4.78 is 5.28. The fraction of sp³-hybridized carbons (Fsp3) is 0.214. The minimum Gasteiger partial charge on any atom is -0.496 e. The Balaban J connectivity index is 2.62. The van der Waals surface area contributed by atoms with Crippen molar-refractivity contribution in [3.8, 4) is 16.3 Å². The van der Waals surface area contributed by atoms with Crippen LogP contribution in [0.4, 0.5) is 0 Å². The number of hydrogen-bond acceptors (Lipinski definition) is 5. The first-order valence-corrected chi connectivity index (χ1v) is 6.65. The molecule has 0 radical (unpaired) electrons. The lowest BCUT2D eigenvalue weighted by Crippen LogP contribution is -2.03. The number of ketones is 1. The van der Waals surface area contributed by atoms with Crippen molar-refractivity contribution >= 4 is 23.1 Å². The summed E-state index contributed by atoms with van der Waals surface area (Å²) in [6.07, 6.45) is 0. The lowest BCUT2D eigenvalue weighted by atomic mass is 10.1. The number of carbonyl (C=O) groups excluding carboxylic acids is 1. The number of carbonyl (C=O) groups is 2. The van der Waals surface area contributed by atoms with Gasteiger partial charge >= 0.3 is 5.97 Å². The zero-order valence-electron chi connectivity index (χ0n) is 11.3. The summed E-state index contributed by atoms with van der Waals surface area (Å²) in [5.74, 6) is -0.910. The maximum atomic E-state index is 11.5. The molecule has 0 saturated carbocycles. The Hall–Kier alpha value is -2.21. The van der Waals surface area contributed by atoms with E-state index in [0.29, 0.717) is 16.3 Å². The van der Waals surface area contributed by atoms with Crippen LogP contribution in [0.3, 0.4) is 0 Å². The van der Waals surface area contributed by atoms with Gasteiger partial charge in [0.05, 0.1) is 12.7 Å². The second-order valence-corrected chi connectivity index (χ2v) is 5.26. The van der Waals surface area contributed by atoms with E-state index in [1.165, 1.54) is 14.0 Å². The van der Waals surface area contributed by atoms with Crippen molar-refractivity contribution in [2.24, 2.45) is 0 Å². The van der Waals surface area contributed by atoms with Gasteiger partial charge < -0.3 is 9.84 Å². The van der Waals surface area contributed by atoms with Crippen molar-refractivity contribution in [3.05, 3.63) is 34.3 Å². The highest BCUT2D eigenvalue weighted by molar-refractivity contribution is 7.17. The molecule has 0 unspecified atom stereocenters. The number of nitrogens with zero attached hydrogens (tertiary/aromatic N) is 1. The molecular weight excluding hydrogens is 278 g/mol. The first-order valence-electron chi connectivity index (χ1n) is 5.84. The molecule has 0 aliphatic carbocycles. The lowest BCUT2D eigenvalue weighted by Gasteiger charge is -2.06. The van der Waals surface area contributed by atoms with E-state index in [0.717, 1.165) is 16.9 Å². The monoisotopic (exact) mass is 291 g/mol. The quantitative estimate of drug-likeness (QED) is 0.876. The van der Waals surface area contributed by atoms with Crippen molar-refractivity contribution < 1.29 is 19.4 Å². The van der Waals surface area contributed by atoms with Gasteiger partial charge in [0.2, 0.25) is 0 Å². The molecule has 0 spiro atoms. The number of aromatic carboxylic acids is 1. The van der Waals surface area contributed by atoms with E-state index in [1.54, 1.807) is 0 Å². The van der Waals surface area contributed by atoms with E-state index in [4.69, 9.17) is 9.84 Å². The number of carboxylic acids is 1. The second-order valence-electron chi connectivity index (χ2n) is 4.26. The van der Waals surface area contributed by atoms with Crippen LogP contribution in [-0.4, -0.2) is 29.0 Å². The van der Waals surface area contributed by atoms with E-state index in [1.807, 2.05) is 25.1 Å². The van der Waals surface area contributed by atoms with Crippen LogP contribution in [0.1, 0.15) is 32.6 Å². The number of Topliss-reactive ketones (excluding diaryl/α,β-unsaturated/α-hetero) is 1. The van der Waals surface area contributed by atoms with Crippen LogP contribution in [0.5, 0.6) is 5.75 Å². The van der Waals surface area contributed by atoms with Gasteiger partial charge in [0.1, 0.15) is 15.6 Å². The molecule has 0 aliphatic heterocycles. The van der Waals surface area contributed by atoms with Gasteiger partial charge in [0, 0.05) is 6.92 Å². The highest BCUT2D eigenvalue weighted by atomic mass is 32.1. The lowest BCUT2D eigenvalue weighted by molar-refractivity contribution is 0.0687. The molecule has 0 amide bonds. The number of rotatable bonds is 4. The molecule has 0 fully saturated rings. The Labute approximate surface area is 119 Å². The standard InChI is InChI=1S/C14H13NO4S/c1-7-4-5-9(10(6-7)19-3)13-15-11(14(17)18)12(20-13)8(2)16/h4-6H,1-3H3,(H,17,18). The van der Waals surface area contributed by atoms with E-state index < -0.39 is 5.97 Å². The van der Waals surface area contributed by atoms with Crippen molar-refractivity contribution in [1.82, 2.24) is 4.98 Å². The number of thiazole rings is 1. The van der Waals surface area contributed by atoms with Gasteiger partial charge in [-0.3, -0.25) is 4.79 Å². The second kappa shape index (κ2) is 5.42. The smallest absolute Gasteiger partial charge is 0.356 e. The molecule has 0 atom stereocenters. The molecule has 1 aromatic heterocycles. The van der Waals surface area contributed by atoms with Crippen LogP contribution in [0.25, 0.3) is 10.6 Å². The van der Waals surface area contributed by atoms with Crippen LogP contribution in [0.2, 0.25) is 0 Å². The average Bonchev–Trinajstić information content (AvgIpc) is 2.83. The van der Waals surface area contributed by atoms with Gasteiger partial charge in [0.25, 0.3) is 0 Å². The number of aromatic nitrogens is 1. The minimum atomic E-state index is -1.20. The van der Waals surface area contributed by atoms with Crippen LogP contribution in [-0.2, 0) is 0 Å². The maximum Gasteiger partial charge on any atom is 0.356 e. The van der Waals surface area contributed by atoms with Gasteiger partial charge in [-0.05, 0) is 24.6 Å². The minimum absolute atomic E-state index is 0.148. The summed E-state index contributed by atoms with van der Waals surface area (Å²) in [5.41, 5.74) is 1.49. The average molecular weight is 291 g/mol. The van der Waals surface area contributed by atoms with E-state index in [-0.39, 0.29) is 16.4 Å². The van der Waals surface area contributed by atoms with Crippen molar-refractivity contribution in [1.29, 1.82) is 0 Å². The van der Waals surface area contributed by atoms with Crippen LogP contribution in [0, 0.1) is 6.92 Å². The molecule has 1 aromatic carbocycles. The van der Waals surface area contributed by atoms with Gasteiger partial charge in [-0.1, -0.05) is 6.07 Å². The van der Waals surface area contributed by atoms with Gasteiger partial charge in [-0.15, -0.1) is 11.3 Å². The summed E-state index contributed by atoms with van der Waals surface area (Å²) in [4.78, 5) is 26.8. The largest absolute Gasteiger partial charge is 0.496 e. The Bertz CT molecular complexity index is 659. The molecule has 104 valence electrons. The third-order valence-corrected chi connectivity index (χ3v) is 3.93. The normalized spacial score (nSPS) is 10.3. The topological polar surface area (TPSA) is 76.5 Å². The molecule has 5 nitrogen and oxygen atoms in total. The predicted molar refractivity (Wildman–Crippen MR) is 75.8 cm³/mol. The molecule has 0 bridgehead atoms. The van der Waals surface area contributed by atoms with E-state index in [9.17, 15) is 9.59 Å². The SMILES string of the molecule is COc1cc(C)ccc1-c1nc(C(=O)O)c(C(C)=O)s1. The molecule has 6 heteroatoms. The molecule has 2 rings (SSSR count). The molecule has 20 heavy (non-hydrogen) atoms. The predicted octanol–water partition coefficient (Wildman–Crippen LogP) is 3.03. The third-order valence-electron chi connectivity index (χ3n) is 2.74. The van der Waals surface area contributed by atoms with Crippen LogP contribution >= 0.6 is 11.3 Å². The van der Waals surface area contributed by atoms with Crippen molar-refractivity contribution in [3.63, 3.8) is 0 Å². The third kappa shape index (κ3) is 2.55. The van der Waals surface area contributed by atoms with E-state index >= 15 is 0 Å². The number of methoxy groups -OCH3 is 1. The first kappa shape index (κ1) is 14.2. The molecule has 2 aromatic rings. The number of ether oxygens (including phenoxy) is 1. The number of carboxylic acid groups (broad SMARTS) is 1. The molecule has 0 saturated heterocycles. The summed E-state index contributed by atoms with van der Waals surface area (Å²) in [7, 11) is 1.54. The van der Waals surface area contributed by atoms with Gasteiger partial charge in [-0.25, -0.2) is 9.78 Å². The summed E-state index contributed by atoms with van der Waals surface area (Å²) in [6, 6.07) is 5.53. The molecule has 0 aliphatic rings. The maximum absolute atomic E-state index is 11.5. The highest BCUT2D eigenvalue weighted by Crippen LogP contribution is 2.35. The Morgan fingerprint density at radius 3 is 2.55 bits per heavy atom. The molecular formula is C14H13NO4S. The Morgan fingerprint density at radius 1 is 1.35 bits per heavy atom. The zero-order chi connectivity index (χ0) is 14.9. The Morgan fingerprint density at radius 2 is 2.05 bits per heavy atom. The van der Waals surface area contributed by atoms with E-state index in [2.05, 4.69) is 4.98 Å². The first-order chi connectivity index (χ1) is 9.43. The van der Waals surface area contributed by atoms with Crippen LogP contribution in [0.15, 0.2) is 18.2 Å². The number of hydrogen-bond donors (Lipinski definition) is 1. The van der Waals surface area contributed by atoms with Crippen LogP contribution < -0.4 is 4.74 Å². The Kier molecular flexibility index (Phi) is 3.85. The molecule has 1 heterocycles. The number of benzene rings is 1. The summed E-state index contributed by atoms with van der Waals surface area (Å²) in [6.45, 7) is 3.26. The van der Waals surface area contributed by atoms with Crippen molar-refractivity contribution in [2.45, 2.75) is 13.8 Å². The van der Waals surface area contributed by atoms with Crippen molar-refractivity contribution in [2.75, 3.05) is 7.11 Å². The number of aryl methyl sites for hydroxylation is 1. The molecule has 1 N–H and O–H groups in total. The summed E-state index contributed by atoms with van der Waals surface area (Å²) >= 11 is 1.06. The zero-order valence-corrected chi connectivity index (χ0v) is 12.1. The fourth-order valence-electron chi connectivity index (χ4n) is 1.79. The van der Waals surface area contributed by atoms with Gasteiger partial charge in [-0.2, -0.15) is 0 Å².